The first-order valence-corrected chi connectivity index (χ1v) is 6.65. The highest BCUT2D eigenvalue weighted by Gasteiger charge is 2.32. The van der Waals surface area contributed by atoms with E-state index in [1.54, 1.807) is 10.3 Å². The van der Waals surface area contributed by atoms with Gasteiger partial charge in [0, 0.05) is 24.0 Å². The second-order valence-corrected chi connectivity index (χ2v) is 5.46. The van der Waals surface area contributed by atoms with Gasteiger partial charge in [-0.3, -0.25) is 14.9 Å². The van der Waals surface area contributed by atoms with E-state index in [-0.39, 0.29) is 29.4 Å². The number of carbonyl (C=O) groups excluding carboxylic acids is 1. The second kappa shape index (κ2) is 6.31. The zero-order valence-corrected chi connectivity index (χ0v) is 12.1. The van der Waals surface area contributed by atoms with Crippen molar-refractivity contribution in [1.82, 2.24) is 4.90 Å². The zero-order valence-electron chi connectivity index (χ0n) is 10.4. The van der Waals surface area contributed by atoms with Crippen LogP contribution in [0.1, 0.15) is 23.7 Å². The van der Waals surface area contributed by atoms with Gasteiger partial charge < -0.3 is 10.6 Å². The number of nitrogens with zero attached hydrogens (tertiary/aromatic N) is 2. The highest BCUT2D eigenvalue weighted by Crippen LogP contribution is 2.28. The number of carbonyl (C=O) groups is 1. The average Bonchev–Trinajstić information content (AvgIpc) is 2.94. The van der Waals surface area contributed by atoms with E-state index in [2.05, 4.69) is 0 Å². The Balaban J connectivity index is 0.00000180. The summed E-state index contributed by atoms with van der Waals surface area (Å²) in [5.74, 6) is 0.195. The molecule has 2 N–H and O–H groups in total. The standard InChI is InChI=1S/C11H15N3O3S.ClH/c1-7-2-8(4-12)5-13(7)11(15)9-3-10(14(16)17)18-6-9;/h3,6-8H,2,4-5,12H2,1H3;1H. The maximum Gasteiger partial charge on any atom is 0.324 e. The summed E-state index contributed by atoms with van der Waals surface area (Å²) in [6.45, 7) is 3.19. The molecule has 2 atom stereocenters. The molecular formula is C11H16ClN3O3S. The molecule has 2 heterocycles. The summed E-state index contributed by atoms with van der Waals surface area (Å²) in [7, 11) is 0. The van der Waals surface area contributed by atoms with E-state index in [1.165, 1.54) is 6.07 Å². The number of nitro groups is 1. The predicted molar refractivity (Wildman–Crippen MR) is 75.9 cm³/mol. The Labute approximate surface area is 121 Å². The first kappa shape index (κ1) is 15.9. The average molecular weight is 306 g/mol. The summed E-state index contributed by atoms with van der Waals surface area (Å²) in [6.07, 6.45) is 0.897. The molecule has 1 fully saturated rings. The molecule has 0 radical (unpaired) electrons. The lowest BCUT2D eigenvalue weighted by Gasteiger charge is -2.20. The molecule has 6 nitrogen and oxygen atoms in total. The van der Waals surface area contributed by atoms with Crippen LogP contribution in [0.5, 0.6) is 0 Å². The van der Waals surface area contributed by atoms with Crippen molar-refractivity contribution >= 4 is 34.7 Å². The normalized spacial score (nSPS) is 22.1. The molecule has 8 heteroatoms. The summed E-state index contributed by atoms with van der Waals surface area (Å²) < 4.78 is 0. The lowest BCUT2D eigenvalue weighted by Crippen LogP contribution is -2.34. The molecule has 106 valence electrons. The van der Waals surface area contributed by atoms with Crippen LogP contribution in [-0.4, -0.2) is 34.9 Å². The smallest absolute Gasteiger partial charge is 0.324 e. The van der Waals surface area contributed by atoms with E-state index in [0.29, 0.717) is 24.6 Å². The van der Waals surface area contributed by atoms with Crippen molar-refractivity contribution in [1.29, 1.82) is 0 Å². The summed E-state index contributed by atoms with van der Waals surface area (Å²) in [4.78, 5) is 24.1. The lowest BCUT2D eigenvalue weighted by molar-refractivity contribution is -0.380. The summed E-state index contributed by atoms with van der Waals surface area (Å²) in [5, 5.41) is 12.1. The predicted octanol–water partition coefficient (Wildman–Crippen LogP) is 1.89. The largest absolute Gasteiger partial charge is 0.336 e. The van der Waals surface area contributed by atoms with Gasteiger partial charge in [0.05, 0.1) is 10.5 Å². The molecule has 1 amide bonds. The minimum Gasteiger partial charge on any atom is -0.336 e. The molecule has 2 rings (SSSR count). The fraction of sp³-hybridized carbons (Fsp3) is 0.545. The van der Waals surface area contributed by atoms with E-state index in [1.807, 2.05) is 6.92 Å². The third-order valence-corrected chi connectivity index (χ3v) is 4.15. The van der Waals surface area contributed by atoms with Crippen LogP contribution in [0.3, 0.4) is 0 Å². The molecular weight excluding hydrogens is 290 g/mol. The molecule has 0 aromatic carbocycles. The molecule has 19 heavy (non-hydrogen) atoms. The van der Waals surface area contributed by atoms with Gasteiger partial charge >= 0.3 is 5.00 Å². The number of rotatable bonds is 3. The van der Waals surface area contributed by atoms with Gasteiger partial charge in [0.25, 0.3) is 5.91 Å². The SMILES string of the molecule is CC1CC(CN)CN1C(=O)c1csc([N+](=O)[O-])c1.Cl. The van der Waals surface area contributed by atoms with Crippen molar-refractivity contribution in [3.05, 3.63) is 27.1 Å². The van der Waals surface area contributed by atoms with Gasteiger partial charge in [-0.2, -0.15) is 0 Å². The van der Waals surface area contributed by atoms with Gasteiger partial charge in [0.15, 0.2) is 0 Å². The second-order valence-electron chi connectivity index (χ2n) is 4.57. The first-order chi connectivity index (χ1) is 8.52. The molecule has 1 aliphatic rings. The van der Waals surface area contributed by atoms with E-state index in [9.17, 15) is 14.9 Å². The highest BCUT2D eigenvalue weighted by atomic mass is 35.5. The topological polar surface area (TPSA) is 89.5 Å². The number of thiophene rings is 1. The minimum absolute atomic E-state index is 0. The molecule has 2 unspecified atom stereocenters. The van der Waals surface area contributed by atoms with Crippen molar-refractivity contribution in [2.75, 3.05) is 13.1 Å². The third kappa shape index (κ3) is 3.23. The van der Waals surface area contributed by atoms with Gasteiger partial charge in [0.2, 0.25) is 0 Å². The molecule has 1 saturated heterocycles. The zero-order chi connectivity index (χ0) is 13.3. The minimum atomic E-state index is -0.475. The molecule has 1 aromatic rings. The van der Waals surface area contributed by atoms with Crippen LogP contribution < -0.4 is 5.73 Å². The summed E-state index contributed by atoms with van der Waals surface area (Å²) in [6, 6.07) is 1.49. The van der Waals surface area contributed by atoms with Gasteiger partial charge in [-0.25, -0.2) is 0 Å². The number of hydrogen-bond donors (Lipinski definition) is 1. The van der Waals surface area contributed by atoms with Gasteiger partial charge in [-0.05, 0) is 25.8 Å². The Bertz CT molecular complexity index is 480. The van der Waals surface area contributed by atoms with E-state index in [0.717, 1.165) is 17.8 Å². The summed E-state index contributed by atoms with van der Waals surface area (Å²) >= 11 is 0.981. The monoisotopic (exact) mass is 305 g/mol. The maximum atomic E-state index is 12.2. The van der Waals surface area contributed by atoms with Crippen molar-refractivity contribution in [3.8, 4) is 0 Å². The quantitative estimate of drug-likeness (QED) is 0.682. The summed E-state index contributed by atoms with van der Waals surface area (Å²) in [5.41, 5.74) is 6.01. The van der Waals surface area contributed by atoms with Crippen molar-refractivity contribution < 1.29 is 9.72 Å². The van der Waals surface area contributed by atoms with Crippen molar-refractivity contribution in [3.63, 3.8) is 0 Å². The Hall–Kier alpha value is -1.18. The van der Waals surface area contributed by atoms with E-state index in [4.69, 9.17) is 5.73 Å². The fourth-order valence-corrected chi connectivity index (χ4v) is 2.99. The van der Waals surface area contributed by atoms with Gasteiger partial charge in [-0.1, -0.05) is 11.3 Å². The van der Waals surface area contributed by atoms with Crippen LogP contribution in [0, 0.1) is 16.0 Å². The molecule has 0 aliphatic carbocycles. The molecule has 0 bridgehead atoms. The van der Waals surface area contributed by atoms with E-state index >= 15 is 0 Å². The molecule has 0 spiro atoms. The number of amides is 1. The Morgan fingerprint density at radius 2 is 2.37 bits per heavy atom. The maximum absolute atomic E-state index is 12.2. The van der Waals surface area contributed by atoms with Crippen molar-refractivity contribution in [2.45, 2.75) is 19.4 Å². The van der Waals surface area contributed by atoms with Crippen LogP contribution in [0.15, 0.2) is 11.4 Å². The third-order valence-electron chi connectivity index (χ3n) is 3.27. The van der Waals surface area contributed by atoms with E-state index < -0.39 is 4.92 Å². The molecule has 1 aliphatic heterocycles. The van der Waals surface area contributed by atoms with Crippen LogP contribution in [0.25, 0.3) is 0 Å². The van der Waals surface area contributed by atoms with Crippen LogP contribution in [0.4, 0.5) is 5.00 Å². The number of hydrogen-bond acceptors (Lipinski definition) is 5. The Morgan fingerprint density at radius 3 is 2.84 bits per heavy atom. The number of likely N-dealkylation sites (tertiary alicyclic amines) is 1. The highest BCUT2D eigenvalue weighted by molar-refractivity contribution is 7.13. The number of halogens is 1. The molecule has 0 saturated carbocycles. The van der Waals surface area contributed by atoms with Gasteiger partial charge in [0.1, 0.15) is 0 Å². The Kier molecular flexibility index (Phi) is 5.28. The van der Waals surface area contributed by atoms with Gasteiger partial charge in [-0.15, -0.1) is 12.4 Å². The Morgan fingerprint density at radius 1 is 1.68 bits per heavy atom. The lowest BCUT2D eigenvalue weighted by atomic mass is 10.1. The van der Waals surface area contributed by atoms with Crippen molar-refractivity contribution in [2.24, 2.45) is 11.7 Å². The van der Waals surface area contributed by atoms with Crippen LogP contribution in [0.2, 0.25) is 0 Å². The molecule has 1 aromatic heterocycles. The van der Waals surface area contributed by atoms with Crippen LogP contribution in [-0.2, 0) is 0 Å². The first-order valence-electron chi connectivity index (χ1n) is 5.77. The number of nitrogens with two attached hydrogens (primary N) is 1. The fourth-order valence-electron chi connectivity index (χ4n) is 2.29. The van der Waals surface area contributed by atoms with Crippen LogP contribution >= 0.6 is 23.7 Å².